The molecule has 4 nitrogen and oxygen atoms in total. The highest BCUT2D eigenvalue weighted by Crippen LogP contribution is 2.05. The van der Waals surface area contributed by atoms with Crippen LogP contribution in [0, 0.1) is 4.91 Å². The maximum absolute atomic E-state index is 10.1. The summed E-state index contributed by atoms with van der Waals surface area (Å²) in [6.07, 6.45) is 0. The minimum absolute atomic E-state index is 0. The van der Waals surface area contributed by atoms with Gasteiger partial charge in [0, 0.05) is 12.1 Å². The molecule has 0 unspecified atom stereocenters. The van der Waals surface area contributed by atoms with Gasteiger partial charge in [0.25, 0.3) is 4.92 Å². The Morgan fingerprint density at radius 2 is 1.70 bits per heavy atom. The minimum atomic E-state index is -0.167. The summed E-state index contributed by atoms with van der Waals surface area (Å²) in [7, 11) is 0. The van der Waals surface area contributed by atoms with Crippen LogP contribution in [0.4, 0.5) is 5.69 Å². The van der Waals surface area contributed by atoms with E-state index in [0.29, 0.717) is 0 Å². The summed E-state index contributed by atoms with van der Waals surface area (Å²) in [6.45, 7) is 0. The lowest BCUT2D eigenvalue weighted by molar-refractivity contribution is -0.729. The van der Waals surface area contributed by atoms with Gasteiger partial charge in [-0.25, -0.2) is 5.21 Å². The van der Waals surface area contributed by atoms with Crippen LogP contribution in [0.5, 0.6) is 0 Å². The van der Waals surface area contributed by atoms with Gasteiger partial charge >= 0.3 is 5.69 Å². The smallest absolute Gasteiger partial charge is 0.316 e. The van der Waals surface area contributed by atoms with E-state index in [2.05, 4.69) is 0 Å². The fourth-order valence-electron chi connectivity index (χ4n) is 0.556. The maximum Gasteiger partial charge on any atom is 0.316 e. The lowest BCUT2D eigenvalue weighted by Crippen LogP contribution is -1.89. The van der Waals surface area contributed by atoms with E-state index in [-0.39, 0.29) is 16.8 Å². The number of hydrogen-bond acceptors (Lipinski definition) is 2. The van der Waals surface area contributed by atoms with E-state index in [4.69, 9.17) is 5.21 Å². The van der Waals surface area contributed by atoms with Gasteiger partial charge in [-0.2, -0.15) is 0 Å². The van der Waals surface area contributed by atoms with Gasteiger partial charge in [0.1, 0.15) is 0 Å². The molecular formula is C6H9N2O2+. The van der Waals surface area contributed by atoms with Crippen molar-refractivity contribution in [3.63, 3.8) is 0 Å². The topological polar surface area (TPSA) is 75.3 Å². The van der Waals surface area contributed by atoms with Gasteiger partial charge in [-0.05, 0) is 0 Å². The highest BCUT2D eigenvalue weighted by atomic mass is 16.6. The fraction of sp³-hybridized carbons (Fsp3) is 0. The summed E-state index contributed by atoms with van der Waals surface area (Å²) in [6, 6.07) is 8.17. The number of nitrogens with zero attached hydrogens (tertiary/aromatic N) is 1. The molecule has 1 aromatic rings. The first-order valence-electron chi connectivity index (χ1n) is 2.52. The van der Waals surface area contributed by atoms with Crippen LogP contribution >= 0.6 is 0 Å². The van der Waals surface area contributed by atoms with Gasteiger partial charge in [-0.1, -0.05) is 18.2 Å². The van der Waals surface area contributed by atoms with Gasteiger partial charge in [-0.3, -0.25) is 0 Å². The SMILES string of the molecule is N.O=[N+](O)c1ccccc1. The third-order valence-electron chi connectivity index (χ3n) is 0.977. The van der Waals surface area contributed by atoms with Crippen LogP contribution in [-0.2, 0) is 0 Å². The summed E-state index contributed by atoms with van der Waals surface area (Å²) in [5, 5.41) is 8.30. The molecule has 10 heavy (non-hydrogen) atoms. The van der Waals surface area contributed by atoms with Gasteiger partial charge in [-0.15, -0.1) is 0 Å². The molecule has 0 aliphatic carbocycles. The average molecular weight is 141 g/mol. The lowest BCUT2D eigenvalue weighted by atomic mass is 10.3. The Hall–Kier alpha value is -1.42. The monoisotopic (exact) mass is 141 g/mol. The highest BCUT2D eigenvalue weighted by Gasteiger charge is 2.06. The number of para-hydroxylation sites is 1. The third kappa shape index (κ3) is 1.83. The van der Waals surface area contributed by atoms with Crippen LogP contribution in [0.3, 0.4) is 0 Å². The van der Waals surface area contributed by atoms with Gasteiger partial charge in [0.2, 0.25) is 0 Å². The Morgan fingerprint density at radius 3 is 2.00 bits per heavy atom. The number of benzene rings is 1. The second-order valence-corrected chi connectivity index (χ2v) is 1.61. The molecule has 54 valence electrons. The Balaban J connectivity index is 0.000000810. The van der Waals surface area contributed by atoms with Crippen LogP contribution in [-0.4, -0.2) is 10.1 Å². The third-order valence-corrected chi connectivity index (χ3v) is 0.977. The summed E-state index contributed by atoms with van der Waals surface area (Å²) < 4.78 is 0. The molecule has 1 rings (SSSR count). The molecule has 0 radical (unpaired) electrons. The van der Waals surface area contributed by atoms with E-state index in [0.717, 1.165) is 0 Å². The molecule has 0 fully saturated rings. The van der Waals surface area contributed by atoms with Crippen molar-refractivity contribution < 1.29 is 10.1 Å². The molecular weight excluding hydrogens is 132 g/mol. The molecule has 0 aromatic heterocycles. The first-order valence-corrected chi connectivity index (χ1v) is 2.52. The van der Waals surface area contributed by atoms with Crippen LogP contribution in [0.2, 0.25) is 0 Å². The summed E-state index contributed by atoms with van der Waals surface area (Å²) in [5.74, 6) is 0. The zero-order chi connectivity index (χ0) is 6.69. The standard InChI is InChI=1S/C6H6NO2.H3N/c8-7(9)6-4-2-1-3-5-6;/h1-5H,(H,8,9);1H3/q+1;. The van der Waals surface area contributed by atoms with E-state index in [1.165, 1.54) is 12.1 Å². The lowest BCUT2D eigenvalue weighted by Gasteiger charge is -1.78. The van der Waals surface area contributed by atoms with Crippen molar-refractivity contribution in [2.24, 2.45) is 0 Å². The van der Waals surface area contributed by atoms with Crippen molar-refractivity contribution in [3.05, 3.63) is 35.2 Å². The Morgan fingerprint density at radius 1 is 1.20 bits per heavy atom. The van der Waals surface area contributed by atoms with Crippen molar-refractivity contribution in [2.75, 3.05) is 0 Å². The highest BCUT2D eigenvalue weighted by molar-refractivity contribution is 5.27. The van der Waals surface area contributed by atoms with Crippen molar-refractivity contribution in [1.82, 2.24) is 6.15 Å². The van der Waals surface area contributed by atoms with Gasteiger partial charge < -0.3 is 6.15 Å². The van der Waals surface area contributed by atoms with Crippen LogP contribution in [0.25, 0.3) is 0 Å². The summed E-state index contributed by atoms with van der Waals surface area (Å²) in [4.78, 5) is 9.95. The van der Waals surface area contributed by atoms with Crippen LogP contribution < -0.4 is 6.15 Å². The van der Waals surface area contributed by atoms with Crippen LogP contribution in [0.15, 0.2) is 30.3 Å². The molecule has 0 spiro atoms. The molecule has 0 aliphatic heterocycles. The van der Waals surface area contributed by atoms with E-state index < -0.39 is 0 Å². The Bertz CT molecular complexity index is 210. The maximum atomic E-state index is 10.1. The molecule has 0 aliphatic rings. The molecule has 4 N–H and O–H groups in total. The molecule has 4 heteroatoms. The van der Waals surface area contributed by atoms with Crippen molar-refractivity contribution in [1.29, 1.82) is 0 Å². The van der Waals surface area contributed by atoms with Crippen LogP contribution in [0.1, 0.15) is 0 Å². The van der Waals surface area contributed by atoms with Crippen molar-refractivity contribution in [2.45, 2.75) is 0 Å². The average Bonchev–Trinajstić information content (AvgIpc) is 1.90. The Labute approximate surface area is 58.2 Å². The zero-order valence-electron chi connectivity index (χ0n) is 5.40. The van der Waals surface area contributed by atoms with E-state index in [1.54, 1.807) is 18.2 Å². The molecule has 0 saturated carbocycles. The second-order valence-electron chi connectivity index (χ2n) is 1.61. The first kappa shape index (κ1) is 8.58. The second kappa shape index (κ2) is 3.58. The Kier molecular flexibility index (Phi) is 3.07. The minimum Gasteiger partial charge on any atom is -0.344 e. The predicted octanol–water partition coefficient (Wildman–Crippen LogP) is 1.65. The fourth-order valence-corrected chi connectivity index (χ4v) is 0.556. The predicted molar refractivity (Wildman–Crippen MR) is 36.5 cm³/mol. The molecule has 1 aromatic carbocycles. The molecule has 0 amide bonds. The normalized spacial score (nSPS) is 8.00. The van der Waals surface area contributed by atoms with Gasteiger partial charge in [0.15, 0.2) is 0 Å². The number of hydrogen-bond donors (Lipinski definition) is 2. The largest absolute Gasteiger partial charge is 0.344 e. The number of rotatable bonds is 1. The molecule has 0 bridgehead atoms. The quantitative estimate of drug-likeness (QED) is 0.584. The van der Waals surface area contributed by atoms with E-state index >= 15 is 0 Å². The van der Waals surface area contributed by atoms with E-state index in [1.807, 2.05) is 0 Å². The molecule has 0 saturated heterocycles. The zero-order valence-corrected chi connectivity index (χ0v) is 5.40. The van der Waals surface area contributed by atoms with Crippen molar-refractivity contribution in [3.8, 4) is 0 Å². The van der Waals surface area contributed by atoms with Gasteiger partial charge in [0.05, 0.1) is 4.91 Å². The first-order chi connectivity index (χ1) is 4.30. The molecule has 0 atom stereocenters. The molecule has 0 heterocycles. The summed E-state index contributed by atoms with van der Waals surface area (Å²) in [5.41, 5.74) is 0.248. The van der Waals surface area contributed by atoms with Crippen molar-refractivity contribution >= 4 is 5.69 Å². The summed E-state index contributed by atoms with van der Waals surface area (Å²) >= 11 is 0. The van der Waals surface area contributed by atoms with E-state index in [9.17, 15) is 4.91 Å².